The lowest BCUT2D eigenvalue weighted by atomic mass is 10.1. The van der Waals surface area contributed by atoms with E-state index in [-0.39, 0.29) is 10.7 Å². The number of methoxy groups -OCH3 is 1. The number of carbonyl (C=O) groups is 3. The van der Waals surface area contributed by atoms with Crippen LogP contribution in [0.3, 0.4) is 0 Å². The van der Waals surface area contributed by atoms with Gasteiger partial charge in [0, 0.05) is 5.02 Å². The summed E-state index contributed by atoms with van der Waals surface area (Å²) < 4.78 is 4.64. The lowest BCUT2D eigenvalue weighted by Crippen LogP contribution is -2.54. The predicted molar refractivity (Wildman–Crippen MR) is 105 cm³/mol. The number of thiocarbonyl (C=S) groups is 1. The molecule has 1 fully saturated rings. The smallest absolute Gasteiger partial charge is 0.337 e. The molecule has 0 atom stereocenters. The maximum atomic E-state index is 12.9. The highest BCUT2D eigenvalue weighted by atomic mass is 35.5. The Balaban J connectivity index is 1.95. The van der Waals surface area contributed by atoms with Crippen molar-refractivity contribution in [3.63, 3.8) is 0 Å². The third-order valence-corrected chi connectivity index (χ3v) is 4.33. The Morgan fingerprint density at radius 3 is 2.52 bits per heavy atom. The van der Waals surface area contributed by atoms with Crippen molar-refractivity contribution in [2.24, 2.45) is 0 Å². The Hall–Kier alpha value is -3.03. The van der Waals surface area contributed by atoms with Crippen LogP contribution in [-0.4, -0.2) is 30.0 Å². The highest BCUT2D eigenvalue weighted by molar-refractivity contribution is 7.80. The zero-order chi connectivity index (χ0) is 19.6. The average Bonchev–Trinajstić information content (AvgIpc) is 2.65. The van der Waals surface area contributed by atoms with Gasteiger partial charge in [0.15, 0.2) is 5.11 Å². The Kier molecular flexibility index (Phi) is 5.34. The topological polar surface area (TPSA) is 75.7 Å². The van der Waals surface area contributed by atoms with Crippen LogP contribution in [0.1, 0.15) is 15.9 Å². The number of rotatable bonds is 3. The molecule has 6 nitrogen and oxygen atoms in total. The standard InChI is InChI=1S/C19H13ClN2O4S/c1-26-18(25)12-7-5-11(6-8-12)9-15-16(23)21-19(27)22(17(15)24)14-4-2-3-13(20)10-14/h2-10H,1H3,(H,21,23,27)/b15-9-. The number of anilines is 1. The first-order chi connectivity index (χ1) is 12.9. The van der Waals surface area contributed by atoms with E-state index in [0.717, 1.165) is 0 Å². The molecule has 0 saturated carbocycles. The molecule has 136 valence electrons. The third kappa shape index (κ3) is 3.89. The monoisotopic (exact) mass is 400 g/mol. The molecule has 0 aliphatic carbocycles. The van der Waals surface area contributed by atoms with Gasteiger partial charge in [-0.15, -0.1) is 0 Å². The van der Waals surface area contributed by atoms with E-state index in [1.165, 1.54) is 18.1 Å². The number of esters is 1. The van der Waals surface area contributed by atoms with E-state index in [0.29, 0.717) is 21.8 Å². The molecule has 0 radical (unpaired) electrons. The van der Waals surface area contributed by atoms with E-state index < -0.39 is 17.8 Å². The van der Waals surface area contributed by atoms with E-state index in [2.05, 4.69) is 10.1 Å². The number of nitrogens with zero attached hydrogens (tertiary/aromatic N) is 1. The van der Waals surface area contributed by atoms with Gasteiger partial charge >= 0.3 is 5.97 Å². The summed E-state index contributed by atoms with van der Waals surface area (Å²) in [4.78, 5) is 37.8. The summed E-state index contributed by atoms with van der Waals surface area (Å²) in [5.74, 6) is -1.64. The summed E-state index contributed by atoms with van der Waals surface area (Å²) in [6.45, 7) is 0. The average molecular weight is 401 g/mol. The molecule has 2 amide bonds. The van der Waals surface area contributed by atoms with Crippen molar-refractivity contribution in [3.05, 3.63) is 70.3 Å². The molecule has 1 N–H and O–H groups in total. The Bertz CT molecular complexity index is 985. The van der Waals surface area contributed by atoms with E-state index in [4.69, 9.17) is 23.8 Å². The zero-order valence-electron chi connectivity index (χ0n) is 14.1. The minimum Gasteiger partial charge on any atom is -0.465 e. The van der Waals surface area contributed by atoms with Crippen LogP contribution >= 0.6 is 23.8 Å². The van der Waals surface area contributed by atoms with Gasteiger partial charge in [-0.1, -0.05) is 29.8 Å². The van der Waals surface area contributed by atoms with Gasteiger partial charge in [-0.2, -0.15) is 0 Å². The molecule has 27 heavy (non-hydrogen) atoms. The summed E-state index contributed by atoms with van der Waals surface area (Å²) in [5.41, 5.74) is 1.29. The minimum absolute atomic E-state index is 0.0227. The summed E-state index contributed by atoms with van der Waals surface area (Å²) in [5, 5.41) is 2.91. The molecule has 3 rings (SSSR count). The van der Waals surface area contributed by atoms with Gasteiger partial charge in [-0.05, 0) is 54.2 Å². The number of benzene rings is 2. The summed E-state index contributed by atoms with van der Waals surface area (Å²) in [7, 11) is 1.29. The van der Waals surface area contributed by atoms with Gasteiger partial charge in [0.25, 0.3) is 11.8 Å². The van der Waals surface area contributed by atoms with Crippen LogP contribution in [-0.2, 0) is 14.3 Å². The minimum atomic E-state index is -0.597. The maximum Gasteiger partial charge on any atom is 0.337 e. The van der Waals surface area contributed by atoms with E-state index >= 15 is 0 Å². The molecule has 0 spiro atoms. The molecule has 1 aliphatic heterocycles. The van der Waals surface area contributed by atoms with Crippen LogP contribution in [0, 0.1) is 0 Å². The largest absolute Gasteiger partial charge is 0.465 e. The molecule has 0 aromatic heterocycles. The maximum absolute atomic E-state index is 12.9. The van der Waals surface area contributed by atoms with Crippen molar-refractivity contribution in [2.45, 2.75) is 0 Å². The second-order valence-electron chi connectivity index (χ2n) is 5.55. The lowest BCUT2D eigenvalue weighted by Gasteiger charge is -2.29. The lowest BCUT2D eigenvalue weighted by molar-refractivity contribution is -0.122. The van der Waals surface area contributed by atoms with Gasteiger partial charge < -0.3 is 4.74 Å². The molecule has 0 unspecified atom stereocenters. The normalized spacial score (nSPS) is 15.7. The van der Waals surface area contributed by atoms with E-state index in [1.54, 1.807) is 48.5 Å². The van der Waals surface area contributed by atoms with Crippen molar-refractivity contribution in [1.82, 2.24) is 5.32 Å². The van der Waals surface area contributed by atoms with Gasteiger partial charge in [0.2, 0.25) is 0 Å². The highest BCUT2D eigenvalue weighted by Crippen LogP contribution is 2.24. The van der Waals surface area contributed by atoms with Crippen molar-refractivity contribution >= 4 is 58.5 Å². The number of ether oxygens (including phenoxy) is 1. The van der Waals surface area contributed by atoms with Crippen LogP contribution in [0.25, 0.3) is 6.08 Å². The van der Waals surface area contributed by atoms with E-state index in [9.17, 15) is 14.4 Å². The van der Waals surface area contributed by atoms with Crippen molar-refractivity contribution in [3.8, 4) is 0 Å². The molecular formula is C19H13ClN2O4S. The second kappa shape index (κ2) is 7.69. The number of hydrogen-bond donors (Lipinski definition) is 1. The predicted octanol–water partition coefficient (Wildman–Crippen LogP) is 2.96. The summed E-state index contributed by atoms with van der Waals surface area (Å²) in [6.07, 6.45) is 1.43. The fourth-order valence-corrected chi connectivity index (χ4v) is 2.97. The summed E-state index contributed by atoms with van der Waals surface area (Å²) >= 11 is 11.1. The van der Waals surface area contributed by atoms with Gasteiger partial charge in [0.05, 0.1) is 18.4 Å². The first-order valence-corrected chi connectivity index (χ1v) is 8.54. The fourth-order valence-electron chi connectivity index (χ4n) is 2.51. The number of amides is 2. The molecule has 1 saturated heterocycles. The molecule has 2 aromatic rings. The number of nitrogens with one attached hydrogen (secondary N) is 1. The Morgan fingerprint density at radius 2 is 1.89 bits per heavy atom. The molecule has 1 aliphatic rings. The van der Waals surface area contributed by atoms with Crippen LogP contribution in [0.15, 0.2) is 54.1 Å². The van der Waals surface area contributed by atoms with Gasteiger partial charge in [-0.3, -0.25) is 19.8 Å². The van der Waals surface area contributed by atoms with Gasteiger partial charge in [0.1, 0.15) is 5.57 Å². The zero-order valence-corrected chi connectivity index (χ0v) is 15.6. The van der Waals surface area contributed by atoms with Crippen LogP contribution < -0.4 is 10.2 Å². The summed E-state index contributed by atoms with van der Waals surface area (Å²) in [6, 6.07) is 12.9. The first-order valence-electron chi connectivity index (χ1n) is 7.76. The molecule has 8 heteroatoms. The van der Waals surface area contributed by atoms with Crippen LogP contribution in [0.2, 0.25) is 5.02 Å². The van der Waals surface area contributed by atoms with Crippen molar-refractivity contribution in [2.75, 3.05) is 12.0 Å². The quantitative estimate of drug-likeness (QED) is 0.371. The van der Waals surface area contributed by atoms with Gasteiger partial charge in [-0.25, -0.2) is 4.79 Å². The fraction of sp³-hybridized carbons (Fsp3) is 0.0526. The third-order valence-electron chi connectivity index (χ3n) is 3.81. The molecule has 2 aromatic carbocycles. The number of carbonyl (C=O) groups excluding carboxylic acids is 3. The molecule has 1 heterocycles. The second-order valence-corrected chi connectivity index (χ2v) is 6.37. The van der Waals surface area contributed by atoms with Crippen molar-refractivity contribution in [1.29, 1.82) is 0 Å². The molecular weight excluding hydrogens is 388 g/mol. The number of hydrogen-bond acceptors (Lipinski definition) is 5. The Labute approximate surface area is 165 Å². The first kappa shape index (κ1) is 18.8. The highest BCUT2D eigenvalue weighted by Gasteiger charge is 2.34. The van der Waals surface area contributed by atoms with Crippen LogP contribution in [0.5, 0.6) is 0 Å². The SMILES string of the molecule is COC(=O)c1ccc(/C=C2/C(=O)NC(=S)N(c3cccc(Cl)c3)C2=O)cc1. The Morgan fingerprint density at radius 1 is 1.19 bits per heavy atom. The van der Waals surface area contributed by atoms with Crippen molar-refractivity contribution < 1.29 is 19.1 Å². The molecule has 0 bridgehead atoms. The van der Waals surface area contributed by atoms with E-state index in [1.807, 2.05) is 0 Å². The number of halogens is 1. The van der Waals surface area contributed by atoms with Crippen LogP contribution in [0.4, 0.5) is 5.69 Å².